The lowest BCUT2D eigenvalue weighted by atomic mass is 10.0. The molecule has 0 bridgehead atoms. The number of carboxylic acid groups (broad SMARTS) is 6. The van der Waals surface area contributed by atoms with Crippen LogP contribution in [0.25, 0.3) is 0 Å². The van der Waals surface area contributed by atoms with E-state index < -0.39 is 297 Å². The van der Waals surface area contributed by atoms with Gasteiger partial charge < -0.3 is 147 Å². The molecule has 52 heteroatoms. The molecule has 0 radical (unpaired) electrons. The van der Waals surface area contributed by atoms with Crippen molar-refractivity contribution >= 4 is 156 Å². The molecule has 50 nitrogen and oxygen atoms in total. The van der Waals surface area contributed by atoms with E-state index >= 15 is 0 Å². The summed E-state index contributed by atoms with van der Waals surface area (Å²) in [6, 6.07) is -21.5. The summed E-state index contributed by atoms with van der Waals surface area (Å²) < 4.78 is 0. The van der Waals surface area contributed by atoms with Crippen molar-refractivity contribution in [2.24, 2.45) is 23.1 Å². The molecule has 3 rings (SSSR count). The van der Waals surface area contributed by atoms with E-state index in [0.29, 0.717) is 12.0 Å². The molecule has 2 heterocycles. The Kier molecular flexibility index (Phi) is 48.3. The number of nitrogens with zero attached hydrogens (tertiary/aromatic N) is 2. The van der Waals surface area contributed by atoms with Crippen LogP contribution in [0.4, 0.5) is 0 Å². The van der Waals surface area contributed by atoms with Gasteiger partial charge in [0.15, 0.2) is 0 Å². The number of phenols is 1. The average molecular weight is 1860 g/mol. The number of aliphatic hydroxyl groups excluding tert-OH is 2. The number of unbranched alkanes of at least 4 members (excludes halogenated alkanes) is 2. The number of nitrogens with two attached hydrogens (primary N) is 3. The first kappa shape index (κ1) is 110. The Labute approximate surface area is 743 Å². The number of amides is 16. The number of phenolic OH excluding ortho intramolecular Hbond substituents is 1. The summed E-state index contributed by atoms with van der Waals surface area (Å²) in [5.74, 6) is -28.6. The van der Waals surface area contributed by atoms with Crippen molar-refractivity contribution in [3.8, 4) is 5.75 Å². The maximum absolute atomic E-state index is 14.7. The third kappa shape index (κ3) is 38.2. The SMILES string of the molecule is CC(C)C[C@H](NC(=O)[C@H](CO)NC(=O)[C@H](CCCCN)NC(=O)CNC(=O)[C@H](CS)NC(=O)[C@H](CCC(=O)O)NC(=O)[C@@H]1CCCN1C(=O)[C@H](CS)NC(=O)[C@H](CCCCN)NC(=O)[C@H](Cc1ccc(O)cc1)NC(=O)[C@@H]1CCCN1C(=O)[C@H](CC(=O)O)NC(=O)[C@H](CC(=O)O)NC(=O)[C@H](C)NC(=O)[C@@H](N)CCC(=O)O)C(=O)N[C@@H](CO)C(=O)N[C@@H](CC(=O)O)C(=O)O. The van der Waals surface area contributed by atoms with Gasteiger partial charge in [-0.2, -0.15) is 25.3 Å². The van der Waals surface area contributed by atoms with E-state index in [9.17, 15) is 141 Å². The largest absolute Gasteiger partial charge is 0.508 e. The summed E-state index contributed by atoms with van der Waals surface area (Å²) in [6.45, 7) is 1.05. The molecule has 2 aliphatic heterocycles. The molecule has 2 fully saturated rings. The van der Waals surface area contributed by atoms with Crippen LogP contribution in [-0.4, -0.2) is 340 Å². The van der Waals surface area contributed by atoms with Gasteiger partial charge in [0.25, 0.3) is 0 Å². The van der Waals surface area contributed by atoms with Crippen molar-refractivity contribution in [2.45, 2.75) is 239 Å². The Morgan fingerprint density at radius 1 is 0.406 bits per heavy atom. The van der Waals surface area contributed by atoms with Gasteiger partial charge in [0.1, 0.15) is 96.4 Å². The molecule has 714 valence electrons. The maximum Gasteiger partial charge on any atom is 0.326 e. The molecular formula is C76H117N19O31S2. The molecular weight excluding hydrogens is 1740 g/mol. The third-order valence-electron chi connectivity index (χ3n) is 19.9. The van der Waals surface area contributed by atoms with Crippen LogP contribution in [0.2, 0.25) is 0 Å². The predicted molar refractivity (Wildman–Crippen MR) is 448 cm³/mol. The summed E-state index contributed by atoms with van der Waals surface area (Å²) in [5, 5.41) is 119. The van der Waals surface area contributed by atoms with E-state index in [1.165, 1.54) is 24.3 Å². The molecule has 0 unspecified atom stereocenters. The third-order valence-corrected chi connectivity index (χ3v) is 20.6. The van der Waals surface area contributed by atoms with E-state index in [2.05, 4.69) is 94.4 Å². The molecule has 16 amide bonds. The molecule has 29 N–H and O–H groups in total. The van der Waals surface area contributed by atoms with Gasteiger partial charge in [-0.25, -0.2) is 4.79 Å². The smallest absolute Gasteiger partial charge is 0.326 e. The Morgan fingerprint density at radius 3 is 1.26 bits per heavy atom. The zero-order chi connectivity index (χ0) is 96.4. The zero-order valence-corrected chi connectivity index (χ0v) is 72.2. The highest BCUT2D eigenvalue weighted by atomic mass is 32.1. The van der Waals surface area contributed by atoms with Crippen LogP contribution in [0.3, 0.4) is 0 Å². The van der Waals surface area contributed by atoms with Crippen LogP contribution < -0.4 is 91.6 Å². The number of aliphatic carboxylic acids is 6. The summed E-state index contributed by atoms with van der Waals surface area (Å²) in [6.07, 6.45) is -5.52. The van der Waals surface area contributed by atoms with Crippen LogP contribution >= 0.6 is 25.3 Å². The quantitative estimate of drug-likeness (QED) is 0.0213. The first-order valence-electron chi connectivity index (χ1n) is 40.9. The van der Waals surface area contributed by atoms with Gasteiger partial charge in [-0.3, -0.25) is 101 Å². The minimum atomic E-state index is -2.05. The zero-order valence-electron chi connectivity index (χ0n) is 70.5. The van der Waals surface area contributed by atoms with Gasteiger partial charge in [0.2, 0.25) is 94.5 Å². The van der Waals surface area contributed by atoms with Gasteiger partial charge in [-0.15, -0.1) is 0 Å². The first-order valence-corrected chi connectivity index (χ1v) is 42.1. The number of hydrogen-bond acceptors (Lipinski definition) is 30. The number of hydrogen-bond donors (Lipinski definition) is 28. The molecule has 2 saturated heterocycles. The fourth-order valence-electron chi connectivity index (χ4n) is 13.1. The van der Waals surface area contributed by atoms with Crippen LogP contribution in [-0.2, 0) is 112 Å². The molecule has 1 aromatic rings. The molecule has 0 aromatic heterocycles. The highest BCUT2D eigenvalue weighted by molar-refractivity contribution is 7.80. The second kappa shape index (κ2) is 56.1. The van der Waals surface area contributed by atoms with Crippen molar-refractivity contribution in [3.05, 3.63) is 29.8 Å². The predicted octanol–water partition coefficient (Wildman–Crippen LogP) is -9.93. The van der Waals surface area contributed by atoms with E-state index in [4.69, 9.17) is 27.4 Å². The number of carbonyl (C=O) groups is 22. The van der Waals surface area contributed by atoms with Crippen molar-refractivity contribution in [3.63, 3.8) is 0 Å². The Bertz CT molecular complexity index is 4100. The number of benzene rings is 1. The lowest BCUT2D eigenvalue weighted by molar-refractivity contribution is -0.147. The van der Waals surface area contributed by atoms with Crippen LogP contribution in [0.1, 0.15) is 142 Å². The molecule has 1 aromatic carbocycles. The van der Waals surface area contributed by atoms with Crippen molar-refractivity contribution in [1.82, 2.24) is 84.2 Å². The molecule has 128 heavy (non-hydrogen) atoms. The lowest BCUT2D eigenvalue weighted by Gasteiger charge is -2.31. The second-order valence-corrected chi connectivity index (χ2v) is 31.3. The summed E-state index contributed by atoms with van der Waals surface area (Å²) in [7, 11) is 0. The lowest BCUT2D eigenvalue weighted by Crippen LogP contribution is -2.61. The van der Waals surface area contributed by atoms with E-state index in [-0.39, 0.29) is 115 Å². The van der Waals surface area contributed by atoms with Crippen LogP contribution in [0.15, 0.2) is 24.3 Å². The molecule has 16 atom stereocenters. The molecule has 0 spiro atoms. The van der Waals surface area contributed by atoms with Crippen LogP contribution in [0, 0.1) is 5.92 Å². The van der Waals surface area contributed by atoms with Gasteiger partial charge >= 0.3 is 35.8 Å². The highest BCUT2D eigenvalue weighted by Gasteiger charge is 2.44. The summed E-state index contributed by atoms with van der Waals surface area (Å²) in [5.41, 5.74) is 17.5. The number of thiol groups is 2. The van der Waals surface area contributed by atoms with E-state index in [1.807, 2.05) is 5.32 Å². The number of likely N-dealkylation sites (tertiary alicyclic amines) is 2. The van der Waals surface area contributed by atoms with Gasteiger partial charge in [-0.1, -0.05) is 26.0 Å². The van der Waals surface area contributed by atoms with E-state index in [1.54, 1.807) is 13.8 Å². The van der Waals surface area contributed by atoms with Crippen molar-refractivity contribution < 1.29 is 151 Å². The van der Waals surface area contributed by atoms with Gasteiger partial charge in [0, 0.05) is 43.9 Å². The fourth-order valence-corrected chi connectivity index (χ4v) is 13.6. The monoisotopic (exact) mass is 1860 g/mol. The number of aromatic hydroxyl groups is 1. The van der Waals surface area contributed by atoms with E-state index in [0.717, 1.165) is 16.7 Å². The standard InChI is InChI=1S/C76H117N19O31S2/c1-36(2)26-44(67(116)91-50(33-97)71(120)89-48(76(125)126)30-60(108)109)86-70(119)49(32-96)90-64(113)41(10-4-6-22-77)82-55(99)31-80-63(112)51(34-127)92-66(115)43(19-21-57(102)103)84-72(121)53-12-9-25-95(53)75(124)52(35-128)93-65(114)42(11-5-7-23-78)83-68(117)45(27-38-14-16-39(98)17-15-38)87-73(122)54-13-8-24-94(54)74(123)47(29-59(106)107)88-69(118)46(28-58(104)105)85-61(110)37(3)81-62(111)40(79)18-20-56(100)101/h14-17,36-37,40-54,96-98,127-128H,4-13,18-35,77-79H2,1-3H3,(H,80,112)(H,81,111)(H,82,99)(H,83,117)(H,84,121)(H,85,110)(H,86,119)(H,87,122)(H,88,118)(H,89,120)(H,90,113)(H,91,116)(H,92,115)(H,93,114)(H,100,101)(H,102,103)(H,104,105)(H,106,107)(H,108,109)(H,125,126)/t37-,40-,41-,42-,43-,44-,45-,46-,47-,48-,49-,50-,51-,52-,53-,54-/m0/s1. The highest BCUT2D eigenvalue weighted by Crippen LogP contribution is 2.23. The maximum atomic E-state index is 14.7. The first-order chi connectivity index (χ1) is 60.3. The number of aliphatic hydroxyl groups is 2. The molecule has 2 aliphatic rings. The number of carbonyl (C=O) groups excluding carboxylic acids is 16. The number of nitrogens with one attached hydrogen (secondary N) is 14. The Morgan fingerprint density at radius 2 is 0.789 bits per heavy atom. The van der Waals surface area contributed by atoms with Gasteiger partial charge in [0.05, 0.1) is 45.1 Å². The Hall–Kier alpha value is -12.1. The molecule has 0 aliphatic carbocycles. The molecule has 0 saturated carbocycles. The number of rotatable bonds is 59. The van der Waals surface area contributed by atoms with Crippen LogP contribution in [0.5, 0.6) is 5.75 Å². The fraction of sp³-hybridized carbons (Fsp3) is 0.632. The summed E-state index contributed by atoms with van der Waals surface area (Å²) >= 11 is 8.48. The summed E-state index contributed by atoms with van der Waals surface area (Å²) in [4.78, 5) is 294. The minimum Gasteiger partial charge on any atom is -0.508 e. The second-order valence-electron chi connectivity index (χ2n) is 30.5. The minimum absolute atomic E-state index is 0.0659. The average Bonchev–Trinajstić information content (AvgIpc) is 1.63. The van der Waals surface area contributed by atoms with Gasteiger partial charge in [-0.05, 0) is 127 Å². The van der Waals surface area contributed by atoms with Crippen molar-refractivity contribution in [1.29, 1.82) is 0 Å². The number of carboxylic acids is 6. The Balaban J connectivity index is 1.82. The van der Waals surface area contributed by atoms with Crippen molar-refractivity contribution in [2.75, 3.05) is 57.4 Å². The normalized spacial score (nSPS) is 16.7. The topological polar surface area (TPSA) is 811 Å².